The maximum atomic E-state index is 8.79. The number of hydrogen-bond acceptors (Lipinski definition) is 6. The van der Waals surface area contributed by atoms with Crippen molar-refractivity contribution < 1.29 is 29.2 Å². The highest BCUT2D eigenvalue weighted by atomic mass is 16.7. The molecule has 0 aromatic rings. The fraction of sp³-hybridized carbons (Fsp3) is 1.00. The van der Waals surface area contributed by atoms with Crippen molar-refractivity contribution in [2.45, 2.75) is 13.8 Å². The van der Waals surface area contributed by atoms with Crippen molar-refractivity contribution in [2.24, 2.45) is 10.8 Å². The molecule has 0 amide bonds. The second-order valence-corrected chi connectivity index (χ2v) is 5.57. The molecule has 0 aromatic heterocycles. The van der Waals surface area contributed by atoms with Crippen molar-refractivity contribution in [2.75, 3.05) is 53.2 Å². The molecule has 0 unspecified atom stereocenters. The number of ether oxygens (including phenoxy) is 4. The summed E-state index contributed by atoms with van der Waals surface area (Å²) in [5, 5.41) is 17.6. The molecule has 2 rings (SSSR count). The lowest BCUT2D eigenvalue weighted by Gasteiger charge is -2.30. The van der Waals surface area contributed by atoms with Crippen molar-refractivity contribution in [3.8, 4) is 0 Å². The van der Waals surface area contributed by atoms with Crippen LogP contribution in [0.4, 0.5) is 0 Å². The average Bonchev–Trinajstić information content (AvgIpc) is 2.41. The Bertz CT molecular complexity index is 197. The van der Waals surface area contributed by atoms with Crippen molar-refractivity contribution in [1.82, 2.24) is 0 Å². The van der Waals surface area contributed by atoms with Crippen molar-refractivity contribution in [1.29, 1.82) is 0 Å². The van der Waals surface area contributed by atoms with Gasteiger partial charge in [-0.05, 0) is 0 Å². The number of aliphatic hydroxyl groups is 2. The first-order chi connectivity index (χ1) is 8.54. The first-order valence-electron chi connectivity index (χ1n) is 6.06. The third-order valence-electron chi connectivity index (χ3n) is 2.90. The maximum Gasteiger partial charge on any atom is 0.146 e. The highest BCUT2D eigenvalue weighted by Crippen LogP contribution is 2.20. The van der Waals surface area contributed by atoms with Crippen LogP contribution in [0.25, 0.3) is 0 Å². The Kier molecular flexibility index (Phi) is 6.48. The minimum atomic E-state index is -0.168. The van der Waals surface area contributed by atoms with E-state index in [1.165, 1.54) is 0 Å². The molecule has 18 heavy (non-hydrogen) atoms. The maximum absolute atomic E-state index is 8.79. The van der Waals surface area contributed by atoms with E-state index in [4.69, 9.17) is 29.2 Å². The summed E-state index contributed by atoms with van der Waals surface area (Å²) in [6.45, 7) is 7.28. The minimum absolute atomic E-state index is 0.132. The molecule has 6 nitrogen and oxygen atoms in total. The molecular weight excluding hydrogens is 240 g/mol. The van der Waals surface area contributed by atoms with Crippen molar-refractivity contribution in [3.05, 3.63) is 0 Å². The van der Waals surface area contributed by atoms with E-state index >= 15 is 0 Å². The first kappa shape index (κ1) is 15.8. The first-order valence-corrected chi connectivity index (χ1v) is 6.06. The smallest absolute Gasteiger partial charge is 0.146 e. The predicted octanol–water partition coefficient (Wildman–Crippen LogP) is -0.0214. The molecule has 2 N–H and O–H groups in total. The van der Waals surface area contributed by atoms with Crippen LogP contribution in [0.1, 0.15) is 13.8 Å². The molecule has 6 heteroatoms. The van der Waals surface area contributed by atoms with Crippen LogP contribution in [0.2, 0.25) is 0 Å². The highest BCUT2D eigenvalue weighted by Gasteiger charge is 2.27. The summed E-state index contributed by atoms with van der Waals surface area (Å²) in [6.07, 6.45) is 0. The molecule has 0 spiro atoms. The number of rotatable bonds is 2. The van der Waals surface area contributed by atoms with Gasteiger partial charge in [-0.3, -0.25) is 0 Å². The van der Waals surface area contributed by atoms with Crippen molar-refractivity contribution in [3.63, 3.8) is 0 Å². The molecule has 2 aliphatic heterocycles. The number of aliphatic hydroxyl groups excluding tert-OH is 2. The predicted molar refractivity (Wildman–Crippen MR) is 63.9 cm³/mol. The molecule has 2 aliphatic rings. The normalized spacial score (nSPS) is 26.0. The van der Waals surface area contributed by atoms with Crippen molar-refractivity contribution >= 4 is 0 Å². The second kappa shape index (κ2) is 7.37. The number of hydrogen-bond donors (Lipinski definition) is 2. The van der Waals surface area contributed by atoms with E-state index in [-0.39, 0.29) is 24.0 Å². The molecule has 0 aliphatic carbocycles. The van der Waals surface area contributed by atoms with E-state index in [2.05, 4.69) is 0 Å². The second-order valence-electron chi connectivity index (χ2n) is 5.57. The van der Waals surface area contributed by atoms with E-state index in [9.17, 15) is 0 Å². The van der Waals surface area contributed by atoms with E-state index in [1.54, 1.807) is 0 Å². The van der Waals surface area contributed by atoms with Gasteiger partial charge in [0.05, 0.1) is 39.6 Å². The molecule has 108 valence electrons. The van der Waals surface area contributed by atoms with Crippen LogP contribution in [0.15, 0.2) is 0 Å². The SMILES string of the molecule is CC1(CO)COCOC1.CC1(CO)COCOC1. The zero-order valence-corrected chi connectivity index (χ0v) is 11.2. The average molecular weight is 264 g/mol. The van der Waals surface area contributed by atoms with Gasteiger partial charge in [-0.2, -0.15) is 0 Å². The summed E-state index contributed by atoms with van der Waals surface area (Å²) in [5.41, 5.74) is -0.337. The third-order valence-corrected chi connectivity index (χ3v) is 2.90. The molecule has 0 aromatic carbocycles. The molecule has 0 atom stereocenters. The zero-order chi connectivity index (χ0) is 13.5. The van der Waals surface area contributed by atoms with Gasteiger partial charge in [0.1, 0.15) is 13.6 Å². The Labute approximate surface area is 108 Å². The van der Waals surface area contributed by atoms with Gasteiger partial charge in [0.15, 0.2) is 0 Å². The van der Waals surface area contributed by atoms with Crippen LogP contribution in [0, 0.1) is 10.8 Å². The van der Waals surface area contributed by atoms with Gasteiger partial charge in [-0.1, -0.05) is 13.8 Å². The van der Waals surface area contributed by atoms with E-state index in [1.807, 2.05) is 13.8 Å². The van der Waals surface area contributed by atoms with Gasteiger partial charge in [0.25, 0.3) is 0 Å². The molecule has 2 saturated heterocycles. The van der Waals surface area contributed by atoms with E-state index < -0.39 is 0 Å². The molecule has 0 radical (unpaired) electrons. The Morgan fingerprint density at radius 2 is 1.00 bits per heavy atom. The Morgan fingerprint density at radius 3 is 1.17 bits per heavy atom. The summed E-state index contributed by atoms with van der Waals surface area (Å²) in [7, 11) is 0. The van der Waals surface area contributed by atoms with Crippen LogP contribution in [0.5, 0.6) is 0 Å². The standard InChI is InChI=1S/2C6H12O3/c2*1-6(2-7)3-8-5-9-4-6/h2*7H,2-5H2,1H3. The molecule has 0 saturated carbocycles. The summed E-state index contributed by atoms with van der Waals surface area (Å²) >= 11 is 0. The largest absolute Gasteiger partial charge is 0.396 e. The summed E-state index contributed by atoms with van der Waals surface area (Å²) in [6, 6.07) is 0. The monoisotopic (exact) mass is 264 g/mol. The lowest BCUT2D eigenvalue weighted by Crippen LogP contribution is -2.37. The highest BCUT2D eigenvalue weighted by molar-refractivity contribution is 4.73. The molecule has 0 bridgehead atoms. The summed E-state index contributed by atoms with van der Waals surface area (Å²) in [4.78, 5) is 0. The topological polar surface area (TPSA) is 77.4 Å². The Hall–Kier alpha value is -0.240. The minimum Gasteiger partial charge on any atom is -0.396 e. The fourth-order valence-corrected chi connectivity index (χ4v) is 1.54. The molecule has 2 fully saturated rings. The zero-order valence-electron chi connectivity index (χ0n) is 11.2. The molecule has 2 heterocycles. The quantitative estimate of drug-likeness (QED) is 0.730. The van der Waals surface area contributed by atoms with Gasteiger partial charge in [0.2, 0.25) is 0 Å². The van der Waals surface area contributed by atoms with Crippen LogP contribution in [0.3, 0.4) is 0 Å². The lowest BCUT2D eigenvalue weighted by molar-refractivity contribution is -0.169. The molecular formula is C12H24O6. The fourth-order valence-electron chi connectivity index (χ4n) is 1.54. The van der Waals surface area contributed by atoms with Crippen LogP contribution in [-0.2, 0) is 18.9 Å². The van der Waals surface area contributed by atoms with Gasteiger partial charge < -0.3 is 29.2 Å². The van der Waals surface area contributed by atoms with Gasteiger partial charge in [-0.25, -0.2) is 0 Å². The summed E-state index contributed by atoms with van der Waals surface area (Å²) in [5.74, 6) is 0. The van der Waals surface area contributed by atoms with Crippen LogP contribution in [-0.4, -0.2) is 63.4 Å². The van der Waals surface area contributed by atoms with Gasteiger partial charge in [0, 0.05) is 10.8 Å². The van der Waals surface area contributed by atoms with Crippen LogP contribution < -0.4 is 0 Å². The lowest BCUT2D eigenvalue weighted by atomic mass is 9.94. The van der Waals surface area contributed by atoms with Crippen LogP contribution >= 0.6 is 0 Å². The van der Waals surface area contributed by atoms with Gasteiger partial charge >= 0.3 is 0 Å². The Morgan fingerprint density at radius 1 is 0.722 bits per heavy atom. The van der Waals surface area contributed by atoms with E-state index in [0.29, 0.717) is 40.0 Å². The Balaban J connectivity index is 0.000000180. The third kappa shape index (κ3) is 5.17. The van der Waals surface area contributed by atoms with E-state index in [0.717, 1.165) is 0 Å². The van der Waals surface area contributed by atoms with Gasteiger partial charge in [-0.15, -0.1) is 0 Å². The summed E-state index contributed by atoms with van der Waals surface area (Å²) < 4.78 is 20.0.